The van der Waals surface area contributed by atoms with Crippen LogP contribution < -0.4 is 14.8 Å². The van der Waals surface area contributed by atoms with Crippen LogP contribution >= 0.6 is 23.4 Å². The number of amidine groups is 1. The molecule has 2 aromatic carbocycles. The summed E-state index contributed by atoms with van der Waals surface area (Å²) in [6.07, 6.45) is 1.22. The van der Waals surface area contributed by atoms with Gasteiger partial charge in [0.2, 0.25) is 0 Å². The normalized spacial score (nSPS) is 16.9. The molecule has 0 aromatic heterocycles. The molecule has 2 heterocycles. The second kappa shape index (κ2) is 11.1. The number of methoxy groups -OCH3 is 2. The van der Waals surface area contributed by atoms with E-state index in [0.29, 0.717) is 33.5 Å². The minimum absolute atomic E-state index is 0.145. The summed E-state index contributed by atoms with van der Waals surface area (Å²) in [6, 6.07) is 10.9. The minimum Gasteiger partial charge on any atom is -0.493 e. The third-order valence-corrected chi connectivity index (χ3v) is 6.88. The smallest absolute Gasteiger partial charge is 0.338 e. The molecule has 2 amide bonds. The molecule has 11 heteroatoms. The van der Waals surface area contributed by atoms with E-state index < -0.39 is 23.8 Å². The number of halogens is 1. The van der Waals surface area contributed by atoms with Crippen molar-refractivity contribution < 1.29 is 28.6 Å². The Labute approximate surface area is 223 Å². The molecular weight excluding hydrogens is 518 g/mol. The molecule has 0 aliphatic carbocycles. The number of hydrogen-bond acceptors (Lipinski definition) is 8. The number of thioether (sulfide) groups is 1. The number of esters is 1. The summed E-state index contributed by atoms with van der Waals surface area (Å²) in [5, 5.41) is 3.53. The van der Waals surface area contributed by atoms with E-state index in [9.17, 15) is 14.4 Å². The topological polar surface area (TPSA) is 107 Å². The van der Waals surface area contributed by atoms with Gasteiger partial charge in [-0.15, -0.1) is 0 Å². The van der Waals surface area contributed by atoms with Crippen molar-refractivity contribution >= 4 is 52.0 Å². The summed E-state index contributed by atoms with van der Waals surface area (Å²) in [6.45, 7) is 3.50. The molecule has 192 valence electrons. The van der Waals surface area contributed by atoms with Crippen LogP contribution in [0, 0.1) is 0 Å². The molecule has 0 radical (unpaired) electrons. The lowest BCUT2D eigenvalue weighted by Crippen LogP contribution is -2.45. The number of nitrogens with zero attached hydrogens (tertiary/aromatic N) is 2. The van der Waals surface area contributed by atoms with Crippen molar-refractivity contribution in [3.05, 3.63) is 75.3 Å². The van der Waals surface area contributed by atoms with Gasteiger partial charge in [-0.3, -0.25) is 14.5 Å². The highest BCUT2D eigenvalue weighted by Crippen LogP contribution is 2.46. The Bertz CT molecular complexity index is 1350. The molecule has 2 aliphatic heterocycles. The highest BCUT2D eigenvalue weighted by molar-refractivity contribution is 8.18. The number of carbonyl (C=O) groups excluding carboxylic acids is 3. The Hall–Kier alpha value is -3.76. The number of fused-ring (bicyclic) bond motifs is 1. The Morgan fingerprint density at radius 3 is 2.51 bits per heavy atom. The Balaban J connectivity index is 1.78. The van der Waals surface area contributed by atoms with Gasteiger partial charge in [0.25, 0.3) is 11.8 Å². The van der Waals surface area contributed by atoms with E-state index in [2.05, 4.69) is 10.3 Å². The summed E-state index contributed by atoms with van der Waals surface area (Å²) in [7, 11) is 2.98. The number of rotatable bonds is 7. The molecule has 2 aliphatic rings. The van der Waals surface area contributed by atoms with Gasteiger partial charge in [-0.05, 0) is 55.9 Å². The molecule has 1 N–H and O–H groups in total. The number of anilines is 1. The van der Waals surface area contributed by atoms with Crippen LogP contribution in [0.5, 0.6) is 11.5 Å². The minimum atomic E-state index is -0.922. The van der Waals surface area contributed by atoms with Crippen molar-refractivity contribution in [3.63, 3.8) is 0 Å². The van der Waals surface area contributed by atoms with Crippen LogP contribution in [0.4, 0.5) is 5.69 Å². The lowest BCUT2D eigenvalue weighted by molar-refractivity contribution is -0.139. The third-order valence-electron chi connectivity index (χ3n) is 5.63. The Kier molecular flexibility index (Phi) is 7.89. The van der Waals surface area contributed by atoms with E-state index >= 15 is 0 Å². The summed E-state index contributed by atoms with van der Waals surface area (Å²) < 4.78 is 16.4. The molecule has 0 unspecified atom stereocenters. The number of allylic oxidation sites excluding steroid dienone is 1. The number of benzene rings is 2. The largest absolute Gasteiger partial charge is 0.493 e. The van der Waals surface area contributed by atoms with Crippen LogP contribution in [0.3, 0.4) is 0 Å². The van der Waals surface area contributed by atoms with Crippen LogP contribution in [0.2, 0.25) is 5.02 Å². The van der Waals surface area contributed by atoms with Gasteiger partial charge in [0, 0.05) is 22.3 Å². The number of amides is 2. The first-order valence-electron chi connectivity index (χ1n) is 11.3. The molecule has 0 bridgehead atoms. The predicted octanol–water partition coefficient (Wildman–Crippen LogP) is 4.70. The number of ether oxygens (including phenoxy) is 3. The molecule has 2 aromatic rings. The van der Waals surface area contributed by atoms with E-state index in [1.165, 1.54) is 25.2 Å². The van der Waals surface area contributed by atoms with Crippen LogP contribution in [0.1, 0.15) is 25.5 Å². The van der Waals surface area contributed by atoms with Gasteiger partial charge >= 0.3 is 5.97 Å². The molecular formula is C26H24ClN3O6S. The lowest BCUT2D eigenvalue weighted by atomic mass is 9.93. The average molecular weight is 542 g/mol. The van der Waals surface area contributed by atoms with Crippen molar-refractivity contribution in [2.24, 2.45) is 4.99 Å². The molecule has 0 spiro atoms. The number of carbonyl (C=O) groups is 3. The van der Waals surface area contributed by atoms with Crippen molar-refractivity contribution in [1.29, 1.82) is 0 Å². The number of para-hydroxylation sites is 1. The van der Waals surface area contributed by atoms with Crippen LogP contribution in [0.15, 0.2) is 69.7 Å². The molecule has 0 saturated heterocycles. The van der Waals surface area contributed by atoms with Gasteiger partial charge in [0.05, 0.1) is 37.0 Å². The average Bonchev–Trinajstić information content (AvgIpc) is 2.88. The highest BCUT2D eigenvalue weighted by Gasteiger charge is 2.44. The van der Waals surface area contributed by atoms with Crippen molar-refractivity contribution in [3.8, 4) is 11.5 Å². The zero-order valence-electron chi connectivity index (χ0n) is 20.5. The Morgan fingerprint density at radius 1 is 1.14 bits per heavy atom. The fourth-order valence-corrected chi connectivity index (χ4v) is 5.13. The fourth-order valence-electron chi connectivity index (χ4n) is 4.03. The molecule has 37 heavy (non-hydrogen) atoms. The van der Waals surface area contributed by atoms with E-state index in [1.54, 1.807) is 56.3 Å². The third kappa shape index (κ3) is 5.21. The zero-order valence-corrected chi connectivity index (χ0v) is 22.1. The van der Waals surface area contributed by atoms with Crippen LogP contribution in [-0.4, -0.2) is 48.7 Å². The maximum absolute atomic E-state index is 13.5. The van der Waals surface area contributed by atoms with E-state index in [1.807, 2.05) is 0 Å². The van der Waals surface area contributed by atoms with Crippen molar-refractivity contribution in [1.82, 2.24) is 4.90 Å². The quantitative estimate of drug-likeness (QED) is 0.506. The number of hydrogen-bond donors (Lipinski definition) is 1. The van der Waals surface area contributed by atoms with Gasteiger partial charge in [-0.25, -0.2) is 9.79 Å². The van der Waals surface area contributed by atoms with Gasteiger partial charge in [-0.2, -0.15) is 0 Å². The molecule has 0 fully saturated rings. The maximum atomic E-state index is 13.5. The predicted molar refractivity (Wildman–Crippen MR) is 142 cm³/mol. The van der Waals surface area contributed by atoms with Crippen molar-refractivity contribution in [2.45, 2.75) is 19.9 Å². The monoisotopic (exact) mass is 541 g/mol. The summed E-state index contributed by atoms with van der Waals surface area (Å²) >= 11 is 6.94. The van der Waals surface area contributed by atoms with Crippen molar-refractivity contribution in [2.75, 3.05) is 26.1 Å². The van der Waals surface area contributed by atoms with E-state index in [-0.39, 0.29) is 22.3 Å². The van der Waals surface area contributed by atoms with Gasteiger partial charge < -0.3 is 19.5 Å². The number of aliphatic imine (C=N–C) groups is 1. The van der Waals surface area contributed by atoms with Crippen LogP contribution in [-0.2, 0) is 19.1 Å². The van der Waals surface area contributed by atoms with Gasteiger partial charge in [0.15, 0.2) is 16.7 Å². The number of nitrogens with one attached hydrogen (secondary N) is 1. The molecule has 9 nitrogen and oxygen atoms in total. The van der Waals surface area contributed by atoms with E-state index in [4.69, 9.17) is 25.8 Å². The van der Waals surface area contributed by atoms with Crippen LogP contribution in [0.25, 0.3) is 0 Å². The second-order valence-corrected chi connectivity index (χ2v) is 9.32. The summed E-state index contributed by atoms with van der Waals surface area (Å²) in [4.78, 5) is 45.6. The van der Waals surface area contributed by atoms with E-state index in [0.717, 1.165) is 11.8 Å². The summed E-state index contributed by atoms with van der Waals surface area (Å²) in [5.74, 6) is -0.815. The second-order valence-electron chi connectivity index (χ2n) is 7.88. The first-order valence-corrected chi connectivity index (χ1v) is 12.5. The molecule has 0 saturated carbocycles. The SMILES string of the molecule is CCOC(=O)C1=C(C)N=C2SC(C(=O)Nc3ccc(Cl)cc3)=CC(=O)N2[C@H]1c1cccc(OC)c1OC. The maximum Gasteiger partial charge on any atom is 0.338 e. The Morgan fingerprint density at radius 2 is 1.86 bits per heavy atom. The molecule has 4 rings (SSSR count). The fraction of sp³-hybridized carbons (Fsp3) is 0.231. The summed E-state index contributed by atoms with van der Waals surface area (Å²) in [5.41, 5.74) is 1.58. The lowest BCUT2D eigenvalue weighted by Gasteiger charge is -2.38. The van der Waals surface area contributed by atoms with Gasteiger partial charge in [0.1, 0.15) is 6.04 Å². The first kappa shape index (κ1) is 26.3. The highest BCUT2D eigenvalue weighted by atomic mass is 35.5. The molecule has 1 atom stereocenters. The standard InChI is InChI=1S/C26H24ClN3O6S/c1-5-36-25(33)21-14(2)28-26-30(22(21)17-7-6-8-18(34-3)23(17)35-4)20(31)13-19(37-26)24(32)29-16-11-9-15(27)10-12-16/h6-13,22H,5H2,1-4H3,(H,29,32)/t22-/m0/s1. The van der Waals surface area contributed by atoms with Gasteiger partial charge in [-0.1, -0.05) is 23.7 Å². The zero-order chi connectivity index (χ0) is 26.7. The first-order chi connectivity index (χ1) is 17.8.